The summed E-state index contributed by atoms with van der Waals surface area (Å²) >= 11 is 0. The van der Waals surface area contributed by atoms with Crippen molar-refractivity contribution in [1.82, 2.24) is 15.2 Å². The van der Waals surface area contributed by atoms with Gasteiger partial charge >= 0.3 is 0 Å². The molecule has 1 aromatic heterocycles. The standard InChI is InChI=1S/C13H15N3O/c1-2-17-11-7-5-10(6-8-11)13-14-12(15-16-13)9-3-4-9/h5-9H,2-4H2,1H3,(H,14,15,16). The van der Waals surface area contributed by atoms with Crippen molar-refractivity contribution in [3.8, 4) is 17.1 Å². The van der Waals surface area contributed by atoms with Gasteiger partial charge in [-0.3, -0.25) is 5.10 Å². The van der Waals surface area contributed by atoms with E-state index < -0.39 is 0 Å². The normalized spacial score (nSPS) is 14.9. The van der Waals surface area contributed by atoms with Gasteiger partial charge in [-0.2, -0.15) is 5.10 Å². The third-order valence-electron chi connectivity index (χ3n) is 2.89. The van der Waals surface area contributed by atoms with E-state index >= 15 is 0 Å². The van der Waals surface area contributed by atoms with Crippen LogP contribution in [0.3, 0.4) is 0 Å². The summed E-state index contributed by atoms with van der Waals surface area (Å²) < 4.78 is 5.40. The van der Waals surface area contributed by atoms with Crippen LogP contribution in [-0.4, -0.2) is 21.8 Å². The van der Waals surface area contributed by atoms with Crippen LogP contribution in [0.1, 0.15) is 31.5 Å². The molecule has 17 heavy (non-hydrogen) atoms. The molecule has 1 N–H and O–H groups in total. The van der Waals surface area contributed by atoms with Crippen LogP contribution in [0.2, 0.25) is 0 Å². The molecule has 0 spiro atoms. The molecule has 0 unspecified atom stereocenters. The second kappa shape index (κ2) is 4.20. The Bertz CT molecular complexity index is 500. The number of aromatic nitrogens is 3. The number of ether oxygens (including phenoxy) is 1. The molecular formula is C13H15N3O. The highest BCUT2D eigenvalue weighted by Crippen LogP contribution is 2.38. The summed E-state index contributed by atoms with van der Waals surface area (Å²) in [5.41, 5.74) is 1.02. The first kappa shape index (κ1) is 10.3. The summed E-state index contributed by atoms with van der Waals surface area (Å²) in [7, 11) is 0. The lowest BCUT2D eigenvalue weighted by Crippen LogP contribution is -1.90. The molecule has 2 aromatic rings. The summed E-state index contributed by atoms with van der Waals surface area (Å²) in [4.78, 5) is 4.51. The van der Waals surface area contributed by atoms with E-state index in [1.807, 2.05) is 31.2 Å². The summed E-state index contributed by atoms with van der Waals surface area (Å²) in [6, 6.07) is 7.88. The Balaban J connectivity index is 1.81. The van der Waals surface area contributed by atoms with Crippen molar-refractivity contribution in [2.75, 3.05) is 6.61 Å². The van der Waals surface area contributed by atoms with E-state index in [2.05, 4.69) is 15.2 Å². The molecule has 1 fully saturated rings. The van der Waals surface area contributed by atoms with Gasteiger partial charge in [0.25, 0.3) is 0 Å². The van der Waals surface area contributed by atoms with Crippen molar-refractivity contribution < 1.29 is 4.74 Å². The Morgan fingerprint density at radius 1 is 1.29 bits per heavy atom. The SMILES string of the molecule is CCOc1ccc(-c2n[nH]c(C3CC3)n2)cc1. The summed E-state index contributed by atoms with van der Waals surface area (Å²) in [6.07, 6.45) is 2.47. The molecule has 0 bridgehead atoms. The predicted octanol–water partition coefficient (Wildman–Crippen LogP) is 2.75. The maximum absolute atomic E-state index is 5.40. The first-order chi connectivity index (χ1) is 8.36. The zero-order valence-electron chi connectivity index (χ0n) is 9.81. The minimum absolute atomic E-state index is 0.610. The fraction of sp³-hybridized carbons (Fsp3) is 0.385. The van der Waals surface area contributed by atoms with Gasteiger partial charge in [0.15, 0.2) is 5.82 Å². The minimum atomic E-state index is 0.610. The number of aromatic amines is 1. The van der Waals surface area contributed by atoms with Gasteiger partial charge in [0.2, 0.25) is 0 Å². The molecule has 4 nitrogen and oxygen atoms in total. The van der Waals surface area contributed by atoms with E-state index in [9.17, 15) is 0 Å². The highest BCUT2D eigenvalue weighted by molar-refractivity contribution is 5.55. The van der Waals surface area contributed by atoms with Crippen molar-refractivity contribution in [3.05, 3.63) is 30.1 Å². The van der Waals surface area contributed by atoms with Crippen molar-refractivity contribution >= 4 is 0 Å². The van der Waals surface area contributed by atoms with Crippen molar-refractivity contribution in [3.63, 3.8) is 0 Å². The Morgan fingerprint density at radius 2 is 2.06 bits per heavy atom. The first-order valence-corrected chi connectivity index (χ1v) is 6.02. The average molecular weight is 229 g/mol. The van der Waals surface area contributed by atoms with E-state index in [1.165, 1.54) is 12.8 Å². The molecule has 0 radical (unpaired) electrons. The summed E-state index contributed by atoms with van der Waals surface area (Å²) in [6.45, 7) is 2.66. The van der Waals surface area contributed by atoms with Crippen molar-refractivity contribution in [2.24, 2.45) is 0 Å². The third-order valence-corrected chi connectivity index (χ3v) is 2.89. The number of hydrogen-bond donors (Lipinski definition) is 1. The van der Waals surface area contributed by atoms with Crippen molar-refractivity contribution in [2.45, 2.75) is 25.7 Å². The van der Waals surface area contributed by atoms with E-state index in [0.29, 0.717) is 12.5 Å². The van der Waals surface area contributed by atoms with Crippen LogP contribution in [0.5, 0.6) is 5.75 Å². The second-order valence-electron chi connectivity index (χ2n) is 4.28. The molecular weight excluding hydrogens is 214 g/mol. The van der Waals surface area contributed by atoms with Gasteiger partial charge in [-0.05, 0) is 44.0 Å². The highest BCUT2D eigenvalue weighted by Gasteiger charge is 2.27. The van der Waals surface area contributed by atoms with Crippen LogP contribution in [0.25, 0.3) is 11.4 Å². The molecule has 1 saturated carbocycles. The number of benzene rings is 1. The van der Waals surface area contributed by atoms with E-state index in [0.717, 1.165) is 23.0 Å². The molecule has 1 aromatic carbocycles. The highest BCUT2D eigenvalue weighted by atomic mass is 16.5. The van der Waals surface area contributed by atoms with Crippen LogP contribution < -0.4 is 4.74 Å². The minimum Gasteiger partial charge on any atom is -0.494 e. The van der Waals surface area contributed by atoms with E-state index in [4.69, 9.17) is 4.74 Å². The Hall–Kier alpha value is -1.84. The Kier molecular flexibility index (Phi) is 2.55. The zero-order chi connectivity index (χ0) is 11.7. The van der Waals surface area contributed by atoms with Gasteiger partial charge in [0.1, 0.15) is 11.6 Å². The lowest BCUT2D eigenvalue weighted by atomic mass is 10.2. The van der Waals surface area contributed by atoms with Crippen LogP contribution in [-0.2, 0) is 0 Å². The van der Waals surface area contributed by atoms with Gasteiger partial charge in [0.05, 0.1) is 6.61 Å². The van der Waals surface area contributed by atoms with Crippen LogP contribution in [0.15, 0.2) is 24.3 Å². The van der Waals surface area contributed by atoms with Crippen LogP contribution in [0.4, 0.5) is 0 Å². The van der Waals surface area contributed by atoms with Gasteiger partial charge in [0, 0.05) is 11.5 Å². The van der Waals surface area contributed by atoms with Crippen LogP contribution in [0, 0.1) is 0 Å². The molecule has 4 heteroatoms. The van der Waals surface area contributed by atoms with Gasteiger partial charge in [-0.1, -0.05) is 0 Å². The second-order valence-corrected chi connectivity index (χ2v) is 4.28. The fourth-order valence-corrected chi connectivity index (χ4v) is 1.81. The average Bonchev–Trinajstić information content (AvgIpc) is 3.09. The predicted molar refractivity (Wildman–Crippen MR) is 65.0 cm³/mol. The molecule has 1 aliphatic carbocycles. The quantitative estimate of drug-likeness (QED) is 0.877. The lowest BCUT2D eigenvalue weighted by Gasteiger charge is -2.02. The van der Waals surface area contributed by atoms with Gasteiger partial charge in [-0.15, -0.1) is 0 Å². The number of hydrogen-bond acceptors (Lipinski definition) is 3. The van der Waals surface area contributed by atoms with E-state index in [1.54, 1.807) is 0 Å². The molecule has 1 aliphatic rings. The van der Waals surface area contributed by atoms with Gasteiger partial charge in [-0.25, -0.2) is 4.98 Å². The summed E-state index contributed by atoms with van der Waals surface area (Å²) in [5, 5.41) is 7.26. The molecule has 3 rings (SSSR count). The monoisotopic (exact) mass is 229 g/mol. The lowest BCUT2D eigenvalue weighted by molar-refractivity contribution is 0.340. The summed E-state index contributed by atoms with van der Waals surface area (Å²) in [5.74, 6) is 3.29. The maximum atomic E-state index is 5.40. The zero-order valence-corrected chi connectivity index (χ0v) is 9.81. The number of rotatable bonds is 4. The molecule has 1 heterocycles. The van der Waals surface area contributed by atoms with E-state index in [-0.39, 0.29) is 0 Å². The fourth-order valence-electron chi connectivity index (χ4n) is 1.81. The van der Waals surface area contributed by atoms with Crippen LogP contribution >= 0.6 is 0 Å². The first-order valence-electron chi connectivity index (χ1n) is 6.02. The smallest absolute Gasteiger partial charge is 0.181 e. The molecule has 0 aliphatic heterocycles. The molecule has 0 saturated heterocycles. The Morgan fingerprint density at radius 3 is 2.71 bits per heavy atom. The molecule has 0 atom stereocenters. The molecule has 88 valence electrons. The maximum Gasteiger partial charge on any atom is 0.181 e. The topological polar surface area (TPSA) is 50.8 Å². The number of nitrogens with one attached hydrogen (secondary N) is 1. The van der Waals surface area contributed by atoms with Gasteiger partial charge < -0.3 is 4.74 Å². The third kappa shape index (κ3) is 2.16. The largest absolute Gasteiger partial charge is 0.494 e. The number of nitrogens with zero attached hydrogens (tertiary/aromatic N) is 2. The van der Waals surface area contributed by atoms with Crippen molar-refractivity contribution in [1.29, 1.82) is 0 Å². The Labute approximate surface area is 100 Å². The molecule has 0 amide bonds. The number of H-pyrrole nitrogens is 1.